The summed E-state index contributed by atoms with van der Waals surface area (Å²) in [5, 5.41) is 8.23. The maximum atomic E-state index is 12.1. The summed E-state index contributed by atoms with van der Waals surface area (Å²) in [6.45, 7) is 0.387. The van der Waals surface area contributed by atoms with Crippen molar-refractivity contribution in [3.8, 4) is 17.2 Å². The number of hydrogen-bond donors (Lipinski definition) is 3. The van der Waals surface area contributed by atoms with Gasteiger partial charge in [0.2, 0.25) is 5.89 Å². The fraction of sp³-hybridized carbons (Fsp3) is 0.125. The van der Waals surface area contributed by atoms with Gasteiger partial charge in [-0.3, -0.25) is 4.79 Å². The number of nitrogens with zero attached hydrogens (tertiary/aromatic N) is 1. The van der Waals surface area contributed by atoms with E-state index >= 15 is 0 Å². The number of urea groups is 1. The number of carbonyl (C=O) groups excluding carboxylic acids is 2. The Bertz CT molecular complexity index is 1200. The molecule has 4 rings (SSSR count). The van der Waals surface area contributed by atoms with Gasteiger partial charge in [0.15, 0.2) is 5.76 Å². The molecule has 0 fully saturated rings. The summed E-state index contributed by atoms with van der Waals surface area (Å²) in [4.78, 5) is 28.6. The van der Waals surface area contributed by atoms with E-state index in [1.807, 2.05) is 24.3 Å². The summed E-state index contributed by atoms with van der Waals surface area (Å²) in [5.74, 6) is 1.15. The van der Waals surface area contributed by atoms with Crippen LogP contribution in [0.15, 0.2) is 82.0 Å². The third-order valence-corrected chi connectivity index (χ3v) is 4.70. The number of benzene rings is 2. The Kier molecular flexibility index (Phi) is 6.70. The zero-order valence-electron chi connectivity index (χ0n) is 17.8. The second kappa shape index (κ2) is 10.2. The number of carbonyl (C=O) groups is 2. The highest BCUT2D eigenvalue weighted by molar-refractivity contribution is 6.02. The molecule has 0 saturated heterocycles. The zero-order chi connectivity index (χ0) is 23.0. The highest BCUT2D eigenvalue weighted by atomic mass is 16.5. The van der Waals surface area contributed by atoms with Gasteiger partial charge in [0.1, 0.15) is 12.0 Å². The number of oxazole rings is 1. The summed E-state index contributed by atoms with van der Waals surface area (Å²) in [6.07, 6.45) is 3.53. The van der Waals surface area contributed by atoms with Crippen LogP contribution in [0.5, 0.6) is 5.75 Å². The fourth-order valence-corrected chi connectivity index (χ4v) is 3.00. The van der Waals surface area contributed by atoms with Crippen LogP contribution >= 0.6 is 0 Å². The second-order valence-corrected chi connectivity index (χ2v) is 7.01. The summed E-state index contributed by atoms with van der Waals surface area (Å²) < 4.78 is 15.7. The molecular weight excluding hydrogens is 424 g/mol. The minimum absolute atomic E-state index is 0.222. The molecule has 0 radical (unpaired) electrons. The van der Waals surface area contributed by atoms with Crippen LogP contribution in [-0.4, -0.2) is 30.6 Å². The number of anilines is 2. The Hall–Kier alpha value is -4.53. The maximum Gasteiger partial charge on any atom is 0.319 e. The van der Waals surface area contributed by atoms with E-state index in [0.717, 1.165) is 17.0 Å². The van der Waals surface area contributed by atoms with Crippen molar-refractivity contribution in [1.82, 2.24) is 10.3 Å². The molecule has 0 aliphatic rings. The van der Waals surface area contributed by atoms with Crippen molar-refractivity contribution in [2.24, 2.45) is 0 Å². The van der Waals surface area contributed by atoms with Crippen LogP contribution in [0.4, 0.5) is 16.2 Å². The van der Waals surface area contributed by atoms with Crippen LogP contribution in [0.1, 0.15) is 16.2 Å². The first-order valence-corrected chi connectivity index (χ1v) is 10.2. The number of nitrogens with one attached hydrogen (secondary N) is 3. The Morgan fingerprint density at radius 2 is 1.67 bits per heavy atom. The average molecular weight is 446 g/mol. The summed E-state index contributed by atoms with van der Waals surface area (Å²) in [6, 6.07) is 17.0. The number of amides is 3. The summed E-state index contributed by atoms with van der Waals surface area (Å²) in [7, 11) is 1.61. The van der Waals surface area contributed by atoms with Crippen LogP contribution < -0.4 is 20.7 Å². The fourth-order valence-electron chi connectivity index (χ4n) is 3.00. The molecule has 168 valence electrons. The van der Waals surface area contributed by atoms with Gasteiger partial charge >= 0.3 is 6.03 Å². The summed E-state index contributed by atoms with van der Waals surface area (Å²) in [5.41, 5.74) is 2.75. The minimum atomic E-state index is -0.346. The Morgan fingerprint density at radius 3 is 2.33 bits per heavy atom. The molecule has 2 heterocycles. The predicted octanol–water partition coefficient (Wildman–Crippen LogP) is 4.56. The first-order chi connectivity index (χ1) is 16.1. The molecule has 0 spiro atoms. The monoisotopic (exact) mass is 446 g/mol. The number of ether oxygens (including phenoxy) is 1. The van der Waals surface area contributed by atoms with Gasteiger partial charge in [-0.25, -0.2) is 9.78 Å². The standard InChI is InChI=1S/C24H22N4O5/c1-31-20-10-4-16(5-11-20)23-27-19(15-33-23)12-13-25-24(30)28-18-8-6-17(7-9-18)26-22(29)21-3-2-14-32-21/h2-11,14-15H,12-13H2,1H3,(H,26,29)(H2,25,28,30). The lowest BCUT2D eigenvalue weighted by Gasteiger charge is -2.08. The lowest BCUT2D eigenvalue weighted by molar-refractivity contribution is 0.0996. The van der Waals surface area contributed by atoms with Crippen molar-refractivity contribution in [2.45, 2.75) is 6.42 Å². The van der Waals surface area contributed by atoms with E-state index in [9.17, 15) is 9.59 Å². The van der Waals surface area contributed by atoms with Crippen LogP contribution in [0.3, 0.4) is 0 Å². The molecule has 4 aromatic rings. The van der Waals surface area contributed by atoms with E-state index in [0.29, 0.717) is 30.2 Å². The Labute approximate surface area is 189 Å². The van der Waals surface area contributed by atoms with Gasteiger partial charge in [-0.15, -0.1) is 0 Å². The van der Waals surface area contributed by atoms with Gasteiger partial charge in [-0.2, -0.15) is 0 Å². The van der Waals surface area contributed by atoms with Crippen LogP contribution in [-0.2, 0) is 6.42 Å². The van der Waals surface area contributed by atoms with E-state index in [4.69, 9.17) is 13.6 Å². The van der Waals surface area contributed by atoms with Gasteiger partial charge < -0.3 is 29.5 Å². The maximum absolute atomic E-state index is 12.1. The molecule has 3 N–H and O–H groups in total. The van der Waals surface area contributed by atoms with Gasteiger partial charge in [-0.05, 0) is 60.7 Å². The molecule has 3 amide bonds. The molecule has 0 bridgehead atoms. The van der Waals surface area contributed by atoms with Crippen LogP contribution in [0, 0.1) is 0 Å². The van der Waals surface area contributed by atoms with Crippen molar-refractivity contribution in [3.63, 3.8) is 0 Å². The first kappa shape index (κ1) is 21.7. The Balaban J connectivity index is 1.22. The molecule has 0 aliphatic carbocycles. The average Bonchev–Trinajstić information content (AvgIpc) is 3.53. The zero-order valence-corrected chi connectivity index (χ0v) is 17.8. The lowest BCUT2D eigenvalue weighted by Crippen LogP contribution is -2.30. The third kappa shape index (κ3) is 5.79. The quantitative estimate of drug-likeness (QED) is 0.365. The van der Waals surface area contributed by atoms with Gasteiger partial charge in [0.25, 0.3) is 5.91 Å². The van der Waals surface area contributed by atoms with Gasteiger partial charge in [-0.1, -0.05) is 0 Å². The molecule has 0 aliphatic heterocycles. The topological polar surface area (TPSA) is 119 Å². The van der Waals surface area contributed by atoms with Crippen LogP contribution in [0.2, 0.25) is 0 Å². The Morgan fingerprint density at radius 1 is 0.939 bits per heavy atom. The third-order valence-electron chi connectivity index (χ3n) is 4.70. The van der Waals surface area contributed by atoms with E-state index in [-0.39, 0.29) is 17.7 Å². The molecule has 33 heavy (non-hydrogen) atoms. The normalized spacial score (nSPS) is 10.5. The van der Waals surface area contributed by atoms with Gasteiger partial charge in [0.05, 0.1) is 19.1 Å². The molecule has 2 aromatic carbocycles. The van der Waals surface area contributed by atoms with E-state index in [1.54, 1.807) is 49.8 Å². The lowest BCUT2D eigenvalue weighted by atomic mass is 10.2. The van der Waals surface area contributed by atoms with Crippen molar-refractivity contribution in [1.29, 1.82) is 0 Å². The smallest absolute Gasteiger partial charge is 0.319 e. The number of rotatable bonds is 8. The molecule has 9 heteroatoms. The minimum Gasteiger partial charge on any atom is -0.497 e. The molecular formula is C24H22N4O5. The van der Waals surface area contributed by atoms with E-state index in [1.165, 1.54) is 6.26 Å². The SMILES string of the molecule is COc1ccc(-c2nc(CCNC(=O)Nc3ccc(NC(=O)c4ccco4)cc3)co2)cc1. The van der Waals surface area contributed by atoms with E-state index in [2.05, 4.69) is 20.9 Å². The summed E-state index contributed by atoms with van der Waals surface area (Å²) >= 11 is 0. The predicted molar refractivity (Wildman–Crippen MR) is 122 cm³/mol. The number of furan rings is 1. The number of aromatic nitrogens is 1. The largest absolute Gasteiger partial charge is 0.497 e. The molecule has 0 atom stereocenters. The molecule has 2 aromatic heterocycles. The number of hydrogen-bond acceptors (Lipinski definition) is 6. The van der Waals surface area contributed by atoms with Crippen LogP contribution in [0.25, 0.3) is 11.5 Å². The molecule has 0 saturated carbocycles. The first-order valence-electron chi connectivity index (χ1n) is 10.2. The number of methoxy groups -OCH3 is 1. The van der Waals surface area contributed by atoms with Crippen molar-refractivity contribution in [2.75, 3.05) is 24.3 Å². The second-order valence-electron chi connectivity index (χ2n) is 7.01. The van der Waals surface area contributed by atoms with Gasteiger partial charge in [0, 0.05) is 29.9 Å². The molecule has 9 nitrogen and oxygen atoms in total. The highest BCUT2D eigenvalue weighted by Crippen LogP contribution is 2.22. The molecule has 0 unspecified atom stereocenters. The van der Waals surface area contributed by atoms with Crippen molar-refractivity contribution < 1.29 is 23.2 Å². The van der Waals surface area contributed by atoms with Crippen molar-refractivity contribution >= 4 is 23.3 Å². The van der Waals surface area contributed by atoms with Crippen molar-refractivity contribution in [3.05, 3.63) is 84.6 Å². The van der Waals surface area contributed by atoms with E-state index < -0.39 is 0 Å². The highest BCUT2D eigenvalue weighted by Gasteiger charge is 2.10.